The molecule has 2 N–H and O–H groups in total. The van der Waals surface area contributed by atoms with Crippen LogP contribution in [-0.4, -0.2) is 34.9 Å². The first-order chi connectivity index (χ1) is 10.9. The lowest BCUT2D eigenvalue weighted by molar-refractivity contribution is -0.156. The third-order valence-corrected chi connectivity index (χ3v) is 4.50. The lowest BCUT2D eigenvalue weighted by Crippen LogP contribution is -2.35. The van der Waals surface area contributed by atoms with Gasteiger partial charge in [0.2, 0.25) is 0 Å². The van der Waals surface area contributed by atoms with Crippen LogP contribution in [0.25, 0.3) is 0 Å². The molecule has 1 aromatic heterocycles. The first-order valence-electron chi connectivity index (χ1n) is 8.10. The predicted octanol–water partition coefficient (Wildman–Crippen LogP) is 2.33. The highest BCUT2D eigenvalue weighted by Gasteiger charge is 2.40. The van der Waals surface area contributed by atoms with Crippen LogP contribution >= 0.6 is 0 Å². The highest BCUT2D eigenvalue weighted by molar-refractivity contribution is 5.94. The van der Waals surface area contributed by atoms with Crippen LogP contribution in [0.1, 0.15) is 62.9 Å². The van der Waals surface area contributed by atoms with Crippen LogP contribution in [0.4, 0.5) is 5.82 Å². The molecule has 128 valence electrons. The van der Waals surface area contributed by atoms with Crippen LogP contribution in [0.2, 0.25) is 0 Å². The second-order valence-electron chi connectivity index (χ2n) is 6.12. The average Bonchev–Trinajstić information content (AvgIpc) is 2.90. The number of carbonyl (C=O) groups is 2. The molecule has 0 aromatic carbocycles. The Morgan fingerprint density at radius 2 is 1.91 bits per heavy atom. The summed E-state index contributed by atoms with van der Waals surface area (Å²) >= 11 is 0. The van der Waals surface area contributed by atoms with Crippen molar-refractivity contribution in [3.63, 3.8) is 0 Å². The molecule has 0 saturated heterocycles. The Morgan fingerprint density at radius 1 is 1.30 bits per heavy atom. The van der Waals surface area contributed by atoms with Crippen molar-refractivity contribution in [2.24, 2.45) is 5.41 Å². The molecule has 7 nitrogen and oxygen atoms in total. The minimum Gasteiger partial charge on any atom is -0.466 e. The third-order valence-electron chi connectivity index (χ3n) is 4.50. The SMILES string of the molecule is CCOC(=O)c1cnn([C@H]2CC[C@](C)(C(=O)OCC)CC2)c1N. The summed E-state index contributed by atoms with van der Waals surface area (Å²) in [5, 5.41) is 4.25. The maximum absolute atomic E-state index is 12.1. The standard InChI is InChI=1S/C16H25N3O4/c1-4-22-14(20)12-10-18-19(13(12)17)11-6-8-16(3,9-7-11)15(21)23-5-2/h10-11H,4-9,17H2,1-3H3/t11-,16-. The Labute approximate surface area is 136 Å². The van der Waals surface area contributed by atoms with Gasteiger partial charge in [0.25, 0.3) is 0 Å². The molecule has 1 aliphatic carbocycles. The number of esters is 2. The van der Waals surface area contributed by atoms with E-state index in [1.54, 1.807) is 11.6 Å². The first kappa shape index (κ1) is 17.3. The molecule has 0 unspecified atom stereocenters. The van der Waals surface area contributed by atoms with E-state index in [1.165, 1.54) is 6.20 Å². The van der Waals surface area contributed by atoms with Crippen molar-refractivity contribution in [2.45, 2.75) is 52.5 Å². The Hall–Kier alpha value is -2.05. The normalized spacial score (nSPS) is 24.2. The number of ether oxygens (including phenoxy) is 2. The van der Waals surface area contributed by atoms with E-state index in [0.29, 0.717) is 37.4 Å². The van der Waals surface area contributed by atoms with Crippen LogP contribution in [0.3, 0.4) is 0 Å². The fraction of sp³-hybridized carbons (Fsp3) is 0.688. The van der Waals surface area contributed by atoms with E-state index in [4.69, 9.17) is 15.2 Å². The average molecular weight is 323 g/mol. The van der Waals surface area contributed by atoms with Gasteiger partial charge < -0.3 is 15.2 Å². The number of hydrogen-bond acceptors (Lipinski definition) is 6. The summed E-state index contributed by atoms with van der Waals surface area (Å²) < 4.78 is 11.8. The zero-order valence-electron chi connectivity index (χ0n) is 14.0. The molecule has 0 amide bonds. The van der Waals surface area contributed by atoms with Crippen molar-refractivity contribution in [1.29, 1.82) is 0 Å². The van der Waals surface area contributed by atoms with Gasteiger partial charge in [-0.15, -0.1) is 0 Å². The van der Waals surface area contributed by atoms with Crippen molar-refractivity contribution < 1.29 is 19.1 Å². The summed E-state index contributed by atoms with van der Waals surface area (Å²) in [5.74, 6) is -0.268. The van der Waals surface area contributed by atoms with E-state index < -0.39 is 11.4 Å². The summed E-state index contributed by atoms with van der Waals surface area (Å²) in [6, 6.07) is 0.0840. The number of aromatic nitrogens is 2. The first-order valence-corrected chi connectivity index (χ1v) is 8.10. The second kappa shape index (κ2) is 7.02. The van der Waals surface area contributed by atoms with Gasteiger partial charge >= 0.3 is 11.9 Å². The lowest BCUT2D eigenvalue weighted by Gasteiger charge is -2.35. The Morgan fingerprint density at radius 3 is 2.48 bits per heavy atom. The van der Waals surface area contributed by atoms with Crippen molar-refractivity contribution in [3.05, 3.63) is 11.8 Å². The molecule has 1 saturated carbocycles. The van der Waals surface area contributed by atoms with Crippen molar-refractivity contribution >= 4 is 17.8 Å². The van der Waals surface area contributed by atoms with Gasteiger partial charge in [-0.1, -0.05) is 0 Å². The molecule has 0 spiro atoms. The fourth-order valence-electron chi connectivity index (χ4n) is 3.02. The van der Waals surface area contributed by atoms with Crippen LogP contribution in [0, 0.1) is 5.41 Å². The number of nitrogens with zero attached hydrogens (tertiary/aromatic N) is 2. The van der Waals surface area contributed by atoms with Crippen LogP contribution < -0.4 is 5.73 Å². The summed E-state index contributed by atoms with van der Waals surface area (Å²) in [6.07, 6.45) is 4.41. The molecule has 1 fully saturated rings. The minimum atomic E-state index is -0.455. The highest BCUT2D eigenvalue weighted by Crippen LogP contribution is 2.42. The molecule has 1 heterocycles. The lowest BCUT2D eigenvalue weighted by atomic mass is 9.74. The molecule has 23 heavy (non-hydrogen) atoms. The van der Waals surface area contributed by atoms with Gasteiger partial charge in [-0.05, 0) is 46.5 Å². The van der Waals surface area contributed by atoms with E-state index in [0.717, 1.165) is 12.8 Å². The zero-order chi connectivity index (χ0) is 17.0. The van der Waals surface area contributed by atoms with E-state index in [2.05, 4.69) is 5.10 Å². The largest absolute Gasteiger partial charge is 0.466 e. The Kier molecular flexibility index (Phi) is 5.28. The molecule has 1 aliphatic rings. The molecule has 0 radical (unpaired) electrons. The summed E-state index contributed by atoms with van der Waals surface area (Å²) in [5.41, 5.74) is 5.90. The van der Waals surface area contributed by atoms with E-state index >= 15 is 0 Å². The maximum atomic E-state index is 12.1. The highest BCUT2D eigenvalue weighted by atomic mass is 16.5. The summed E-state index contributed by atoms with van der Waals surface area (Å²) in [6.45, 7) is 6.19. The molecule has 0 bridgehead atoms. The number of rotatable bonds is 5. The monoisotopic (exact) mass is 323 g/mol. The van der Waals surface area contributed by atoms with Gasteiger partial charge in [0.05, 0.1) is 30.9 Å². The molecule has 0 atom stereocenters. The maximum Gasteiger partial charge on any atom is 0.343 e. The molecule has 2 rings (SSSR count). The molecule has 7 heteroatoms. The fourth-order valence-corrected chi connectivity index (χ4v) is 3.02. The second-order valence-corrected chi connectivity index (χ2v) is 6.12. The van der Waals surface area contributed by atoms with E-state index in [-0.39, 0.29) is 12.0 Å². The van der Waals surface area contributed by atoms with Crippen LogP contribution in [0.15, 0.2) is 6.20 Å². The van der Waals surface area contributed by atoms with Gasteiger partial charge in [-0.25, -0.2) is 9.48 Å². The minimum absolute atomic E-state index is 0.0840. The summed E-state index contributed by atoms with van der Waals surface area (Å²) in [7, 11) is 0. The van der Waals surface area contributed by atoms with E-state index in [1.807, 2.05) is 13.8 Å². The number of carbonyl (C=O) groups excluding carboxylic acids is 2. The zero-order valence-corrected chi connectivity index (χ0v) is 14.0. The topological polar surface area (TPSA) is 96.4 Å². The Balaban J connectivity index is 2.06. The van der Waals surface area contributed by atoms with Crippen LogP contribution in [-0.2, 0) is 14.3 Å². The van der Waals surface area contributed by atoms with Crippen molar-refractivity contribution in [3.8, 4) is 0 Å². The number of nitrogen functional groups attached to an aromatic ring is 1. The van der Waals surface area contributed by atoms with Gasteiger partial charge in [0, 0.05) is 0 Å². The third kappa shape index (κ3) is 3.48. The molecule has 0 aliphatic heterocycles. The van der Waals surface area contributed by atoms with Gasteiger partial charge in [-0.3, -0.25) is 4.79 Å². The van der Waals surface area contributed by atoms with Gasteiger partial charge in [0.15, 0.2) is 0 Å². The van der Waals surface area contributed by atoms with Gasteiger partial charge in [-0.2, -0.15) is 5.10 Å². The Bertz CT molecular complexity index is 574. The van der Waals surface area contributed by atoms with Crippen LogP contribution in [0.5, 0.6) is 0 Å². The molecule has 1 aromatic rings. The number of nitrogens with two attached hydrogens (primary N) is 1. The predicted molar refractivity (Wildman–Crippen MR) is 84.8 cm³/mol. The quantitative estimate of drug-likeness (QED) is 0.835. The van der Waals surface area contributed by atoms with Crippen molar-refractivity contribution in [2.75, 3.05) is 18.9 Å². The molecular weight excluding hydrogens is 298 g/mol. The molecular formula is C16H25N3O4. The van der Waals surface area contributed by atoms with Gasteiger partial charge in [0.1, 0.15) is 11.4 Å². The van der Waals surface area contributed by atoms with E-state index in [9.17, 15) is 9.59 Å². The number of hydrogen-bond donors (Lipinski definition) is 1. The summed E-state index contributed by atoms with van der Waals surface area (Å²) in [4.78, 5) is 23.9. The smallest absolute Gasteiger partial charge is 0.343 e. The number of anilines is 1. The van der Waals surface area contributed by atoms with Crippen molar-refractivity contribution in [1.82, 2.24) is 9.78 Å².